The lowest BCUT2D eigenvalue weighted by Crippen LogP contribution is -2.63. The molecule has 4 fully saturated rings. The fraction of sp³-hybridized carbons (Fsp3) is 0.607. The van der Waals surface area contributed by atoms with Crippen molar-refractivity contribution in [1.82, 2.24) is 19.4 Å². The Labute approximate surface area is 206 Å². The highest BCUT2D eigenvalue weighted by molar-refractivity contribution is 5.75. The Bertz CT molecular complexity index is 1150. The second-order valence-corrected chi connectivity index (χ2v) is 11.6. The fourth-order valence-corrected chi connectivity index (χ4v) is 7.01. The van der Waals surface area contributed by atoms with E-state index in [4.69, 9.17) is 0 Å². The first-order valence-corrected chi connectivity index (χ1v) is 13.3. The van der Waals surface area contributed by atoms with E-state index in [1.807, 2.05) is 35.2 Å². The third-order valence-electron chi connectivity index (χ3n) is 9.38. The van der Waals surface area contributed by atoms with Gasteiger partial charge in [0.15, 0.2) is 0 Å². The molecule has 186 valence electrons. The van der Waals surface area contributed by atoms with Crippen molar-refractivity contribution in [3.05, 3.63) is 53.1 Å². The number of piperidine rings is 2. The molecule has 1 aromatic carbocycles. The smallest absolute Gasteiger partial charge is 0.320 e. The minimum atomic E-state index is -1.03. The molecule has 2 aliphatic carbocycles. The Morgan fingerprint density at radius 3 is 2.37 bits per heavy atom. The molecule has 35 heavy (non-hydrogen) atoms. The molecular weight excluding hydrogens is 440 g/mol. The van der Waals surface area contributed by atoms with Crippen LogP contribution < -0.4 is 5.56 Å². The molecular formula is C28H36N4O3. The van der Waals surface area contributed by atoms with Gasteiger partial charge in [0.2, 0.25) is 0 Å². The number of likely N-dealkylation sites (tertiary alicyclic amines) is 2. The van der Waals surface area contributed by atoms with Gasteiger partial charge in [0.25, 0.3) is 5.56 Å². The van der Waals surface area contributed by atoms with Gasteiger partial charge in [-0.2, -0.15) is 0 Å². The second-order valence-electron chi connectivity index (χ2n) is 11.6. The summed E-state index contributed by atoms with van der Waals surface area (Å²) in [7, 11) is 0. The number of aromatic nitrogens is 2. The van der Waals surface area contributed by atoms with Gasteiger partial charge in [-0.3, -0.25) is 9.36 Å². The number of hydrogen-bond acceptors (Lipinski definition) is 4. The summed E-state index contributed by atoms with van der Waals surface area (Å²) in [4.78, 5) is 35.1. The van der Waals surface area contributed by atoms with Crippen molar-refractivity contribution in [2.45, 2.75) is 69.9 Å². The van der Waals surface area contributed by atoms with E-state index >= 15 is 0 Å². The number of hydrogen-bond donors (Lipinski definition) is 1. The fourth-order valence-electron chi connectivity index (χ4n) is 7.01. The van der Waals surface area contributed by atoms with E-state index in [1.165, 1.54) is 19.3 Å². The molecule has 2 saturated heterocycles. The Balaban J connectivity index is 1.21. The molecule has 2 aliphatic heterocycles. The molecule has 2 amide bonds. The van der Waals surface area contributed by atoms with Crippen molar-refractivity contribution >= 4 is 6.03 Å². The number of amides is 2. The van der Waals surface area contributed by atoms with E-state index < -0.39 is 5.60 Å². The Kier molecular flexibility index (Phi) is 5.51. The lowest BCUT2D eigenvalue weighted by atomic mass is 9.66. The van der Waals surface area contributed by atoms with Crippen molar-refractivity contribution in [1.29, 1.82) is 0 Å². The lowest BCUT2D eigenvalue weighted by Gasteiger charge is -2.53. The summed E-state index contributed by atoms with van der Waals surface area (Å²) in [6.45, 7) is 3.08. The molecule has 3 heterocycles. The quantitative estimate of drug-likeness (QED) is 0.729. The normalized spacial score (nSPS) is 26.9. The number of nitrogens with zero attached hydrogens (tertiary/aromatic N) is 4. The minimum Gasteiger partial charge on any atom is -0.387 e. The summed E-state index contributed by atoms with van der Waals surface area (Å²) in [6, 6.07) is 11.4. The van der Waals surface area contributed by atoms with Crippen LogP contribution in [0.25, 0.3) is 11.3 Å². The lowest BCUT2D eigenvalue weighted by molar-refractivity contribution is -0.136. The van der Waals surface area contributed by atoms with E-state index in [-0.39, 0.29) is 23.6 Å². The predicted molar refractivity (Wildman–Crippen MR) is 134 cm³/mol. The summed E-state index contributed by atoms with van der Waals surface area (Å²) in [5.74, 6) is 0. The molecule has 7 heteroatoms. The highest BCUT2D eigenvalue weighted by atomic mass is 16.3. The summed E-state index contributed by atoms with van der Waals surface area (Å²) in [6.07, 6.45) is 10.8. The van der Waals surface area contributed by atoms with Gasteiger partial charge in [-0.05, 0) is 50.4 Å². The topological polar surface area (TPSA) is 78.7 Å². The Morgan fingerprint density at radius 2 is 1.66 bits per heavy atom. The molecule has 1 N–H and O–H groups in total. The van der Waals surface area contributed by atoms with Crippen LogP contribution in [0.3, 0.4) is 0 Å². The van der Waals surface area contributed by atoms with Crippen LogP contribution in [0.5, 0.6) is 0 Å². The molecule has 7 nitrogen and oxygen atoms in total. The van der Waals surface area contributed by atoms with Crippen LogP contribution in [0.2, 0.25) is 0 Å². The van der Waals surface area contributed by atoms with Crippen LogP contribution in [0.4, 0.5) is 4.79 Å². The zero-order valence-electron chi connectivity index (χ0n) is 20.5. The van der Waals surface area contributed by atoms with Crippen molar-refractivity contribution in [2.24, 2.45) is 10.8 Å². The monoisotopic (exact) mass is 476 g/mol. The number of carbonyl (C=O) groups excluding carboxylic acids is 1. The molecule has 1 atom stereocenters. The number of rotatable bonds is 3. The van der Waals surface area contributed by atoms with Gasteiger partial charge in [0.1, 0.15) is 0 Å². The largest absolute Gasteiger partial charge is 0.387 e. The molecule has 1 unspecified atom stereocenters. The third-order valence-corrected chi connectivity index (χ3v) is 9.38. The van der Waals surface area contributed by atoms with Crippen LogP contribution in [-0.2, 0) is 6.54 Å². The molecule has 0 bridgehead atoms. The van der Waals surface area contributed by atoms with E-state index in [9.17, 15) is 14.7 Å². The van der Waals surface area contributed by atoms with Crippen LogP contribution in [-0.4, -0.2) is 62.3 Å². The van der Waals surface area contributed by atoms with Gasteiger partial charge >= 0.3 is 6.03 Å². The zero-order chi connectivity index (χ0) is 24.1. The maximum Gasteiger partial charge on any atom is 0.320 e. The van der Waals surface area contributed by atoms with Crippen LogP contribution in [0.1, 0.15) is 57.8 Å². The molecule has 2 saturated carbocycles. The third kappa shape index (κ3) is 4.07. The molecule has 2 spiro atoms. The van der Waals surface area contributed by atoms with Crippen LogP contribution >= 0.6 is 0 Å². The zero-order valence-corrected chi connectivity index (χ0v) is 20.5. The first kappa shape index (κ1) is 22.8. The maximum atomic E-state index is 13.5. The summed E-state index contributed by atoms with van der Waals surface area (Å²) >= 11 is 0. The van der Waals surface area contributed by atoms with Crippen molar-refractivity contribution in [3.63, 3.8) is 0 Å². The first-order chi connectivity index (χ1) is 16.9. The molecule has 6 rings (SSSR count). The number of aliphatic hydroxyl groups is 1. The van der Waals surface area contributed by atoms with Gasteiger partial charge in [-0.25, -0.2) is 9.78 Å². The summed E-state index contributed by atoms with van der Waals surface area (Å²) in [5, 5.41) is 12.0. The molecule has 1 aromatic heterocycles. The Morgan fingerprint density at radius 1 is 0.914 bits per heavy atom. The van der Waals surface area contributed by atoms with Gasteiger partial charge in [-0.15, -0.1) is 0 Å². The van der Waals surface area contributed by atoms with Gasteiger partial charge in [0, 0.05) is 43.2 Å². The second kappa shape index (κ2) is 8.47. The van der Waals surface area contributed by atoms with Crippen molar-refractivity contribution < 1.29 is 9.90 Å². The molecule has 0 radical (unpaired) electrons. The maximum absolute atomic E-state index is 13.5. The average molecular weight is 477 g/mol. The highest BCUT2D eigenvalue weighted by Crippen LogP contribution is 2.53. The summed E-state index contributed by atoms with van der Waals surface area (Å²) < 4.78 is 1.56. The van der Waals surface area contributed by atoms with E-state index in [0.717, 1.165) is 50.8 Å². The van der Waals surface area contributed by atoms with Crippen LogP contribution in [0.15, 0.2) is 47.5 Å². The van der Waals surface area contributed by atoms with Crippen molar-refractivity contribution in [3.8, 4) is 11.3 Å². The first-order valence-electron chi connectivity index (χ1n) is 13.3. The highest BCUT2D eigenvalue weighted by Gasteiger charge is 2.56. The van der Waals surface area contributed by atoms with Crippen molar-refractivity contribution in [2.75, 3.05) is 26.2 Å². The number of benzene rings is 1. The van der Waals surface area contributed by atoms with Gasteiger partial charge < -0.3 is 14.9 Å². The van der Waals surface area contributed by atoms with Gasteiger partial charge in [0.05, 0.1) is 24.2 Å². The minimum absolute atomic E-state index is 0.148. The van der Waals surface area contributed by atoms with E-state index in [2.05, 4.69) is 9.88 Å². The molecule has 4 aliphatic rings. The van der Waals surface area contributed by atoms with Gasteiger partial charge in [-0.1, -0.05) is 43.2 Å². The molecule has 2 aromatic rings. The van der Waals surface area contributed by atoms with E-state index in [0.29, 0.717) is 30.6 Å². The Hall–Kier alpha value is -2.67. The van der Waals surface area contributed by atoms with Crippen LogP contribution in [0, 0.1) is 10.8 Å². The SMILES string of the molecule is O=C(N1CCCC2(CC2)C1)N1CCC(O)(Cn2cnc(-c3ccccc3)cc2=O)C2(CCCC2)C1. The summed E-state index contributed by atoms with van der Waals surface area (Å²) in [5.41, 5.74) is 0.396. The van der Waals surface area contributed by atoms with E-state index in [1.54, 1.807) is 17.0 Å². The number of carbonyl (C=O) groups is 1. The average Bonchev–Trinajstić information content (AvgIpc) is 3.43. The number of urea groups is 1. The predicted octanol–water partition coefficient (Wildman–Crippen LogP) is 3.90. The standard InChI is InChI=1S/C28H36N4O3/c33-24-17-23(22-7-2-1-3-8-22)29-21-32(24)20-28(35)14-16-31(19-27(28)10-4-5-11-27)25(34)30-15-6-9-26(18-30)12-13-26/h1-3,7-8,17,21,35H,4-6,9-16,18-20H2.